The van der Waals surface area contributed by atoms with E-state index in [2.05, 4.69) is 30.1 Å². The van der Waals surface area contributed by atoms with Crippen LogP contribution < -0.4 is 0 Å². The molecule has 4 aromatic heterocycles. The quantitative estimate of drug-likeness (QED) is 0.556. The zero-order valence-corrected chi connectivity index (χ0v) is 12.4. The van der Waals surface area contributed by atoms with Crippen LogP contribution in [0.25, 0.3) is 28.7 Å². The highest BCUT2D eigenvalue weighted by molar-refractivity contribution is 5.61. The summed E-state index contributed by atoms with van der Waals surface area (Å²) in [6.45, 7) is 0. The van der Waals surface area contributed by atoms with Crippen LogP contribution in [0.5, 0.6) is 0 Å². The van der Waals surface area contributed by atoms with Crippen LogP contribution in [-0.4, -0.2) is 34.5 Å². The third-order valence-corrected chi connectivity index (χ3v) is 3.39. The van der Waals surface area contributed by atoms with Crippen molar-refractivity contribution in [3.05, 3.63) is 54.7 Å². The number of rotatable bonds is 2. The van der Waals surface area contributed by atoms with E-state index in [1.54, 1.807) is 18.2 Å². The Labute approximate surface area is 138 Å². The number of nitrogens with zero attached hydrogens (tertiary/aromatic N) is 7. The maximum absolute atomic E-state index is 12.8. The third-order valence-electron chi connectivity index (χ3n) is 3.39. The fourth-order valence-electron chi connectivity index (χ4n) is 2.26. The van der Waals surface area contributed by atoms with Gasteiger partial charge in [0, 0.05) is 18.6 Å². The summed E-state index contributed by atoms with van der Waals surface area (Å²) in [5, 5.41) is 7.71. The topological polar surface area (TPSA) is 81.8 Å². The molecule has 0 aromatic carbocycles. The minimum atomic E-state index is -4.53. The van der Waals surface area contributed by atoms with Gasteiger partial charge in [-0.25, -0.2) is 19.9 Å². The van der Waals surface area contributed by atoms with E-state index in [-0.39, 0.29) is 5.78 Å². The third kappa shape index (κ3) is 2.77. The van der Waals surface area contributed by atoms with Gasteiger partial charge in [-0.2, -0.15) is 18.3 Å². The van der Waals surface area contributed by atoms with E-state index < -0.39 is 11.9 Å². The van der Waals surface area contributed by atoms with Crippen molar-refractivity contribution in [1.29, 1.82) is 0 Å². The Morgan fingerprint density at radius 3 is 2.56 bits per heavy atom. The van der Waals surface area contributed by atoms with E-state index in [4.69, 9.17) is 0 Å². The van der Waals surface area contributed by atoms with Gasteiger partial charge in [0.05, 0.1) is 17.6 Å². The van der Waals surface area contributed by atoms with E-state index in [1.165, 1.54) is 29.2 Å². The van der Waals surface area contributed by atoms with Crippen LogP contribution >= 0.6 is 0 Å². The molecule has 0 spiro atoms. The van der Waals surface area contributed by atoms with Crippen molar-refractivity contribution in [3.8, 4) is 22.9 Å². The van der Waals surface area contributed by atoms with Crippen molar-refractivity contribution in [1.82, 2.24) is 34.5 Å². The molecule has 0 N–H and O–H groups in total. The van der Waals surface area contributed by atoms with Crippen molar-refractivity contribution < 1.29 is 13.2 Å². The highest BCUT2D eigenvalue weighted by Crippen LogP contribution is 2.28. The minimum Gasteiger partial charge on any atom is -0.282 e. The number of alkyl halides is 3. The monoisotopic (exact) mass is 343 g/mol. The lowest BCUT2D eigenvalue weighted by atomic mass is 10.3. The summed E-state index contributed by atoms with van der Waals surface area (Å²) in [5.41, 5.74) is 0.448. The molecule has 0 unspecified atom stereocenters. The molecule has 10 heteroatoms. The molecule has 124 valence electrons. The molecule has 0 radical (unpaired) electrons. The summed E-state index contributed by atoms with van der Waals surface area (Å²) < 4.78 is 39.7. The molecule has 4 heterocycles. The van der Waals surface area contributed by atoms with Crippen LogP contribution in [0, 0.1) is 0 Å². The maximum atomic E-state index is 12.8. The fraction of sp³-hybridized carbons (Fsp3) is 0.0667. The second-order valence-corrected chi connectivity index (χ2v) is 5.00. The fourth-order valence-corrected chi connectivity index (χ4v) is 2.26. The van der Waals surface area contributed by atoms with Crippen LogP contribution in [0.2, 0.25) is 0 Å². The van der Waals surface area contributed by atoms with Gasteiger partial charge in [0.25, 0.3) is 0 Å². The normalized spacial score (nSPS) is 11.8. The van der Waals surface area contributed by atoms with Gasteiger partial charge >= 0.3 is 6.18 Å². The van der Waals surface area contributed by atoms with Crippen LogP contribution in [0.15, 0.2) is 49.1 Å². The van der Waals surface area contributed by atoms with Crippen LogP contribution in [0.4, 0.5) is 13.2 Å². The minimum absolute atomic E-state index is 0.0653. The number of halogens is 3. The summed E-state index contributed by atoms with van der Waals surface area (Å²) >= 11 is 0. The zero-order valence-electron chi connectivity index (χ0n) is 12.4. The van der Waals surface area contributed by atoms with Crippen molar-refractivity contribution in [2.45, 2.75) is 6.18 Å². The molecule has 0 aliphatic rings. The molecule has 7 nitrogen and oxygen atoms in total. The molecule has 25 heavy (non-hydrogen) atoms. The molecule has 0 saturated carbocycles. The van der Waals surface area contributed by atoms with Gasteiger partial charge in [0.1, 0.15) is 11.4 Å². The lowest BCUT2D eigenvalue weighted by Gasteiger charge is -2.06. The Kier molecular flexibility index (Phi) is 3.38. The first-order chi connectivity index (χ1) is 12.0. The molecule has 0 saturated heterocycles. The van der Waals surface area contributed by atoms with Gasteiger partial charge in [-0.3, -0.25) is 4.40 Å². The van der Waals surface area contributed by atoms with Crippen LogP contribution in [-0.2, 0) is 6.18 Å². The van der Waals surface area contributed by atoms with E-state index in [1.807, 2.05) is 0 Å². The molecule has 0 aliphatic carbocycles. The van der Waals surface area contributed by atoms with Gasteiger partial charge in [-0.15, -0.1) is 5.10 Å². The van der Waals surface area contributed by atoms with E-state index in [0.717, 1.165) is 6.07 Å². The van der Waals surface area contributed by atoms with Gasteiger partial charge in [-0.1, -0.05) is 0 Å². The first-order valence-electron chi connectivity index (χ1n) is 7.05. The van der Waals surface area contributed by atoms with Gasteiger partial charge < -0.3 is 0 Å². The molecular formula is C15H8F3N7. The number of hydrogen-bond acceptors (Lipinski definition) is 6. The average molecular weight is 343 g/mol. The van der Waals surface area contributed by atoms with Gasteiger partial charge in [0.2, 0.25) is 5.78 Å². The maximum Gasteiger partial charge on any atom is 0.433 e. The molecule has 0 aliphatic heterocycles. The predicted octanol–water partition coefficient (Wildman–Crippen LogP) is 2.66. The standard InChI is InChI=1S/C15H8F3N7/c16-15(17,18)12-4-7-25-11(8-20-14(25)23-12)9-3-6-19-13(22-9)10-2-1-5-21-24-10/h1-8H. The largest absolute Gasteiger partial charge is 0.433 e. The van der Waals surface area contributed by atoms with Gasteiger partial charge in [0.15, 0.2) is 5.82 Å². The lowest BCUT2D eigenvalue weighted by Crippen LogP contribution is -2.09. The first kappa shape index (κ1) is 15.1. The molecule has 0 fully saturated rings. The second kappa shape index (κ2) is 5.58. The lowest BCUT2D eigenvalue weighted by molar-refractivity contribution is -0.141. The van der Waals surface area contributed by atoms with Crippen molar-refractivity contribution >= 4 is 5.78 Å². The molecule has 0 atom stereocenters. The summed E-state index contributed by atoms with van der Waals surface area (Å²) in [6.07, 6.45) is 1.20. The van der Waals surface area contributed by atoms with E-state index in [9.17, 15) is 13.2 Å². The SMILES string of the molecule is FC(F)(F)c1ccn2c(-c3ccnc(-c4cccnn4)n3)cnc2n1. The summed E-state index contributed by atoms with van der Waals surface area (Å²) in [4.78, 5) is 16.0. The summed E-state index contributed by atoms with van der Waals surface area (Å²) in [5.74, 6) is 0.282. The van der Waals surface area contributed by atoms with Crippen molar-refractivity contribution in [2.75, 3.05) is 0 Å². The first-order valence-corrected chi connectivity index (χ1v) is 7.05. The molecule has 4 rings (SSSR count). The Morgan fingerprint density at radius 2 is 1.80 bits per heavy atom. The van der Waals surface area contributed by atoms with E-state index in [0.29, 0.717) is 22.9 Å². The molecular weight excluding hydrogens is 335 g/mol. The molecule has 4 aromatic rings. The molecule has 0 amide bonds. The van der Waals surface area contributed by atoms with Crippen molar-refractivity contribution in [2.24, 2.45) is 0 Å². The average Bonchev–Trinajstić information content (AvgIpc) is 3.05. The second-order valence-electron chi connectivity index (χ2n) is 5.00. The Hall–Kier alpha value is -3.43. The number of fused-ring (bicyclic) bond motifs is 1. The van der Waals surface area contributed by atoms with Crippen LogP contribution in [0.3, 0.4) is 0 Å². The Balaban J connectivity index is 1.80. The van der Waals surface area contributed by atoms with Crippen molar-refractivity contribution in [3.63, 3.8) is 0 Å². The summed E-state index contributed by atoms with van der Waals surface area (Å²) in [7, 11) is 0. The Bertz CT molecular complexity index is 1040. The number of aromatic nitrogens is 7. The predicted molar refractivity (Wildman–Crippen MR) is 80.0 cm³/mol. The van der Waals surface area contributed by atoms with E-state index >= 15 is 0 Å². The number of imidazole rings is 1. The number of hydrogen-bond donors (Lipinski definition) is 0. The highest BCUT2D eigenvalue weighted by Gasteiger charge is 2.33. The zero-order chi connectivity index (χ0) is 17.4. The Morgan fingerprint density at radius 1 is 0.920 bits per heavy atom. The smallest absolute Gasteiger partial charge is 0.282 e. The summed E-state index contributed by atoms with van der Waals surface area (Å²) in [6, 6.07) is 5.93. The van der Waals surface area contributed by atoms with Crippen LogP contribution in [0.1, 0.15) is 5.69 Å². The highest BCUT2D eigenvalue weighted by atomic mass is 19.4. The van der Waals surface area contributed by atoms with Gasteiger partial charge in [-0.05, 0) is 24.3 Å². The molecule has 0 bridgehead atoms.